The highest BCUT2D eigenvalue weighted by Gasteiger charge is 2.11. The van der Waals surface area contributed by atoms with Gasteiger partial charge in [-0.25, -0.2) is 8.42 Å². The molecule has 0 aliphatic carbocycles. The van der Waals surface area contributed by atoms with Crippen LogP contribution in [0.25, 0.3) is 0 Å². The summed E-state index contributed by atoms with van der Waals surface area (Å²) in [6.45, 7) is 7.52. The third-order valence-corrected chi connectivity index (χ3v) is 4.12. The first-order valence-electron chi connectivity index (χ1n) is 6.90. The van der Waals surface area contributed by atoms with Crippen molar-refractivity contribution < 1.29 is 13.2 Å². The lowest BCUT2D eigenvalue weighted by Crippen LogP contribution is -2.21. The third kappa shape index (κ3) is 5.90. The fourth-order valence-electron chi connectivity index (χ4n) is 1.84. The van der Waals surface area contributed by atoms with Gasteiger partial charge in [0, 0.05) is 18.3 Å². The minimum Gasteiger partial charge on any atom is -0.381 e. The number of benzene rings is 1. The van der Waals surface area contributed by atoms with Crippen molar-refractivity contribution in [2.24, 2.45) is 0 Å². The maximum Gasteiger partial charge on any atom is 0.234 e. The molecule has 0 fully saturated rings. The van der Waals surface area contributed by atoms with E-state index < -0.39 is 10.0 Å². The van der Waals surface area contributed by atoms with Crippen LogP contribution in [0.2, 0.25) is 0 Å². The van der Waals surface area contributed by atoms with Gasteiger partial charge in [-0.3, -0.25) is 4.72 Å². The van der Waals surface area contributed by atoms with Crippen molar-refractivity contribution in [1.82, 2.24) is 5.32 Å². The van der Waals surface area contributed by atoms with E-state index in [1.165, 1.54) is 0 Å². The van der Waals surface area contributed by atoms with Crippen LogP contribution < -0.4 is 10.0 Å². The van der Waals surface area contributed by atoms with Crippen LogP contribution in [0.15, 0.2) is 24.3 Å². The van der Waals surface area contributed by atoms with Crippen molar-refractivity contribution in [1.29, 1.82) is 0 Å². The lowest BCUT2D eigenvalue weighted by molar-refractivity contribution is 0.163. The molecule has 0 saturated heterocycles. The number of sulfonamides is 1. The molecule has 1 rings (SSSR count). The van der Waals surface area contributed by atoms with E-state index in [4.69, 9.17) is 4.74 Å². The van der Waals surface area contributed by atoms with Crippen molar-refractivity contribution in [2.45, 2.75) is 26.8 Å². The number of hydrogen-bond acceptors (Lipinski definition) is 4. The first-order chi connectivity index (χ1) is 9.48. The quantitative estimate of drug-likeness (QED) is 0.686. The number of rotatable bonds is 9. The van der Waals surface area contributed by atoms with Crippen LogP contribution in [0.3, 0.4) is 0 Å². The van der Waals surface area contributed by atoms with Crippen molar-refractivity contribution in [2.75, 3.05) is 30.2 Å². The highest BCUT2D eigenvalue weighted by atomic mass is 32.2. The minimum absolute atomic E-state index is 0.0339. The Balaban J connectivity index is 2.70. The van der Waals surface area contributed by atoms with Crippen LogP contribution in [0, 0.1) is 0 Å². The van der Waals surface area contributed by atoms with E-state index in [0.29, 0.717) is 12.3 Å². The molecular weight excluding hydrogens is 276 g/mol. The van der Waals surface area contributed by atoms with Crippen molar-refractivity contribution in [3.05, 3.63) is 29.8 Å². The summed E-state index contributed by atoms with van der Waals surface area (Å²) in [5.41, 5.74) is 1.64. The molecule has 0 bridgehead atoms. The van der Waals surface area contributed by atoms with Crippen molar-refractivity contribution in [3.8, 4) is 0 Å². The number of ether oxygens (including phenoxy) is 1. The van der Waals surface area contributed by atoms with E-state index in [2.05, 4.69) is 10.0 Å². The van der Waals surface area contributed by atoms with Gasteiger partial charge in [-0.05, 0) is 38.1 Å². The Morgan fingerprint density at radius 3 is 2.70 bits per heavy atom. The zero-order chi connectivity index (χ0) is 15.0. The Morgan fingerprint density at radius 1 is 1.30 bits per heavy atom. The standard InChI is InChI=1S/C14H24N2O3S/c1-4-15-12(3)13-7-6-8-14(11-13)16-20(17,18)10-9-19-5-2/h6-8,11-12,15-16H,4-5,9-10H2,1-3H3. The second kappa shape index (κ2) is 8.24. The van der Waals surface area contributed by atoms with Crippen LogP contribution in [-0.2, 0) is 14.8 Å². The highest BCUT2D eigenvalue weighted by Crippen LogP contribution is 2.18. The lowest BCUT2D eigenvalue weighted by Gasteiger charge is -2.14. The molecule has 1 unspecified atom stereocenters. The maximum absolute atomic E-state index is 11.9. The van der Waals surface area contributed by atoms with Gasteiger partial charge in [-0.15, -0.1) is 0 Å². The molecule has 0 radical (unpaired) electrons. The van der Waals surface area contributed by atoms with E-state index in [1.54, 1.807) is 6.07 Å². The van der Waals surface area contributed by atoms with Gasteiger partial charge < -0.3 is 10.1 Å². The molecule has 0 heterocycles. The Labute approximate surface area is 121 Å². The van der Waals surface area contributed by atoms with Gasteiger partial charge >= 0.3 is 0 Å². The second-order valence-corrected chi connectivity index (χ2v) is 6.36. The second-order valence-electron chi connectivity index (χ2n) is 4.52. The van der Waals surface area contributed by atoms with E-state index in [0.717, 1.165) is 12.1 Å². The van der Waals surface area contributed by atoms with Gasteiger partial charge in [0.2, 0.25) is 10.0 Å². The lowest BCUT2D eigenvalue weighted by atomic mass is 10.1. The molecule has 1 aromatic carbocycles. The smallest absolute Gasteiger partial charge is 0.234 e. The molecule has 1 atom stereocenters. The molecule has 0 aliphatic rings. The van der Waals surface area contributed by atoms with Crippen LogP contribution in [0.5, 0.6) is 0 Å². The molecule has 0 aromatic heterocycles. The molecule has 1 aromatic rings. The van der Waals surface area contributed by atoms with Gasteiger partial charge in [-0.1, -0.05) is 19.1 Å². The molecule has 6 heteroatoms. The first kappa shape index (κ1) is 16.9. The summed E-state index contributed by atoms with van der Waals surface area (Å²) < 4.78 is 31.4. The Hall–Kier alpha value is -1.11. The van der Waals surface area contributed by atoms with E-state index >= 15 is 0 Å². The SMILES string of the molecule is CCNC(C)c1cccc(NS(=O)(=O)CCOCC)c1. The normalized spacial score (nSPS) is 13.2. The topological polar surface area (TPSA) is 67.4 Å². The van der Waals surface area contributed by atoms with Gasteiger partial charge in [0.15, 0.2) is 0 Å². The monoisotopic (exact) mass is 300 g/mol. The molecule has 0 saturated carbocycles. The molecule has 0 aliphatic heterocycles. The third-order valence-electron chi connectivity index (χ3n) is 2.87. The molecule has 114 valence electrons. The molecule has 0 spiro atoms. The minimum atomic E-state index is -3.36. The zero-order valence-corrected chi connectivity index (χ0v) is 13.2. The first-order valence-corrected chi connectivity index (χ1v) is 8.55. The van der Waals surface area contributed by atoms with Gasteiger partial charge in [0.05, 0.1) is 12.4 Å². The fourth-order valence-corrected chi connectivity index (χ4v) is 2.76. The van der Waals surface area contributed by atoms with Crippen LogP contribution in [0.4, 0.5) is 5.69 Å². The van der Waals surface area contributed by atoms with Gasteiger partial charge in [0.25, 0.3) is 0 Å². The Kier molecular flexibility index (Phi) is 6.98. The Bertz CT molecular complexity index is 503. The number of nitrogens with one attached hydrogen (secondary N) is 2. The molecule has 5 nitrogen and oxygen atoms in total. The maximum atomic E-state index is 11.9. The molecule has 20 heavy (non-hydrogen) atoms. The van der Waals surface area contributed by atoms with E-state index in [-0.39, 0.29) is 18.4 Å². The van der Waals surface area contributed by atoms with Gasteiger partial charge in [0.1, 0.15) is 0 Å². The molecule has 0 amide bonds. The summed E-state index contributed by atoms with van der Waals surface area (Å²) in [6.07, 6.45) is 0. The van der Waals surface area contributed by atoms with Crippen LogP contribution >= 0.6 is 0 Å². The fraction of sp³-hybridized carbons (Fsp3) is 0.571. The Morgan fingerprint density at radius 2 is 2.05 bits per heavy atom. The van der Waals surface area contributed by atoms with E-state index in [1.807, 2.05) is 39.0 Å². The predicted molar refractivity (Wildman–Crippen MR) is 82.4 cm³/mol. The summed E-state index contributed by atoms with van der Waals surface area (Å²) in [5.74, 6) is -0.0339. The summed E-state index contributed by atoms with van der Waals surface area (Å²) >= 11 is 0. The molecular formula is C14H24N2O3S. The largest absolute Gasteiger partial charge is 0.381 e. The number of hydrogen-bond donors (Lipinski definition) is 2. The summed E-state index contributed by atoms with van der Waals surface area (Å²) in [7, 11) is -3.36. The summed E-state index contributed by atoms with van der Waals surface area (Å²) in [5, 5.41) is 3.30. The van der Waals surface area contributed by atoms with Crippen molar-refractivity contribution >= 4 is 15.7 Å². The summed E-state index contributed by atoms with van der Waals surface area (Å²) in [4.78, 5) is 0. The van der Waals surface area contributed by atoms with E-state index in [9.17, 15) is 8.42 Å². The average Bonchev–Trinajstić information content (AvgIpc) is 2.39. The highest BCUT2D eigenvalue weighted by molar-refractivity contribution is 7.92. The van der Waals surface area contributed by atoms with Crippen LogP contribution in [-0.4, -0.2) is 33.9 Å². The zero-order valence-electron chi connectivity index (χ0n) is 12.3. The molecule has 2 N–H and O–H groups in total. The van der Waals surface area contributed by atoms with Gasteiger partial charge in [-0.2, -0.15) is 0 Å². The predicted octanol–water partition coefficient (Wildman–Crippen LogP) is 2.14. The average molecular weight is 300 g/mol. The summed E-state index contributed by atoms with van der Waals surface area (Å²) in [6, 6.07) is 7.62. The van der Waals surface area contributed by atoms with Crippen LogP contribution in [0.1, 0.15) is 32.4 Å². The number of anilines is 1. The van der Waals surface area contributed by atoms with Crippen molar-refractivity contribution in [3.63, 3.8) is 0 Å².